The van der Waals surface area contributed by atoms with E-state index in [0.717, 1.165) is 17.8 Å². The number of halogens is 1. The van der Waals surface area contributed by atoms with Gasteiger partial charge in [0, 0.05) is 18.5 Å². The molecule has 1 saturated heterocycles. The molecule has 76 valence electrons. The fourth-order valence-corrected chi connectivity index (χ4v) is 3.08. The maximum atomic E-state index is 5.65. The van der Waals surface area contributed by atoms with Gasteiger partial charge in [-0.2, -0.15) is 0 Å². The van der Waals surface area contributed by atoms with Crippen LogP contribution in [0.4, 0.5) is 0 Å². The second-order valence-corrected chi connectivity index (χ2v) is 4.96. The number of fused-ring (bicyclic) bond motifs is 2. The van der Waals surface area contributed by atoms with Crippen LogP contribution >= 0.6 is 11.6 Å². The van der Waals surface area contributed by atoms with E-state index in [1.807, 2.05) is 0 Å². The summed E-state index contributed by atoms with van der Waals surface area (Å²) in [6.45, 7) is 2.73. The molecule has 0 aromatic rings. The summed E-state index contributed by atoms with van der Waals surface area (Å²) in [4.78, 5) is 2.71. The van der Waals surface area contributed by atoms with Crippen LogP contribution in [0.3, 0.4) is 0 Å². The van der Waals surface area contributed by atoms with Gasteiger partial charge < -0.3 is 4.90 Å². The van der Waals surface area contributed by atoms with Gasteiger partial charge in [0.25, 0.3) is 0 Å². The highest BCUT2D eigenvalue weighted by molar-refractivity contribution is 6.17. The number of alkyl halides is 1. The summed E-state index contributed by atoms with van der Waals surface area (Å²) < 4.78 is 0. The predicted molar refractivity (Wildman–Crippen MR) is 57.3 cm³/mol. The van der Waals surface area contributed by atoms with Crippen molar-refractivity contribution in [3.63, 3.8) is 0 Å². The maximum absolute atomic E-state index is 5.65. The molecule has 0 amide bonds. The average molecular weight is 202 g/mol. The average Bonchev–Trinajstić information content (AvgIpc) is 2.73. The van der Waals surface area contributed by atoms with E-state index in [4.69, 9.17) is 11.6 Å². The highest BCUT2D eigenvalue weighted by atomic mass is 35.5. The zero-order valence-electron chi connectivity index (χ0n) is 8.34. The van der Waals surface area contributed by atoms with Gasteiger partial charge in [-0.1, -0.05) is 6.42 Å². The van der Waals surface area contributed by atoms with Gasteiger partial charge in [-0.3, -0.25) is 0 Å². The fraction of sp³-hybridized carbons (Fsp3) is 1.00. The second kappa shape index (κ2) is 4.65. The molecular formula is C11H20ClN. The molecule has 0 spiro atoms. The zero-order chi connectivity index (χ0) is 9.10. The molecule has 2 bridgehead atoms. The van der Waals surface area contributed by atoms with E-state index < -0.39 is 0 Å². The van der Waals surface area contributed by atoms with Crippen molar-refractivity contribution in [3.05, 3.63) is 0 Å². The summed E-state index contributed by atoms with van der Waals surface area (Å²) in [5.74, 6) is 1.89. The molecule has 1 aliphatic heterocycles. The number of likely N-dealkylation sites (tertiary alicyclic amines) is 1. The van der Waals surface area contributed by atoms with Crippen molar-refractivity contribution in [1.82, 2.24) is 4.90 Å². The SMILES string of the molecule is ClCCCCCN1CC2CCC1C2. The predicted octanol–water partition coefficient (Wildman–Crippen LogP) is 2.88. The van der Waals surface area contributed by atoms with Crippen LogP contribution in [0.25, 0.3) is 0 Å². The summed E-state index contributed by atoms with van der Waals surface area (Å²) in [7, 11) is 0. The molecule has 2 unspecified atom stereocenters. The minimum absolute atomic E-state index is 0.839. The Kier molecular flexibility index (Phi) is 3.51. The van der Waals surface area contributed by atoms with E-state index in [9.17, 15) is 0 Å². The highest BCUT2D eigenvalue weighted by Gasteiger charge is 2.36. The van der Waals surface area contributed by atoms with Gasteiger partial charge in [-0.15, -0.1) is 11.6 Å². The van der Waals surface area contributed by atoms with Gasteiger partial charge in [-0.05, 0) is 44.6 Å². The van der Waals surface area contributed by atoms with Crippen LogP contribution < -0.4 is 0 Å². The minimum Gasteiger partial charge on any atom is -0.300 e. The molecule has 2 heteroatoms. The van der Waals surface area contributed by atoms with Gasteiger partial charge in [0.05, 0.1) is 0 Å². The van der Waals surface area contributed by atoms with Crippen LogP contribution in [0.15, 0.2) is 0 Å². The molecule has 1 nitrogen and oxygen atoms in total. The minimum atomic E-state index is 0.839. The molecule has 1 aliphatic carbocycles. The van der Waals surface area contributed by atoms with E-state index in [1.54, 1.807) is 0 Å². The van der Waals surface area contributed by atoms with Crippen molar-refractivity contribution in [3.8, 4) is 0 Å². The molecule has 2 aliphatic rings. The monoisotopic (exact) mass is 201 g/mol. The molecule has 0 aromatic carbocycles. The lowest BCUT2D eigenvalue weighted by Gasteiger charge is -2.26. The summed E-state index contributed by atoms with van der Waals surface area (Å²) >= 11 is 5.65. The maximum Gasteiger partial charge on any atom is 0.0223 e. The van der Waals surface area contributed by atoms with Crippen LogP contribution in [0.1, 0.15) is 38.5 Å². The molecule has 2 rings (SSSR count). The van der Waals surface area contributed by atoms with E-state index >= 15 is 0 Å². The molecular weight excluding hydrogens is 182 g/mol. The van der Waals surface area contributed by atoms with Crippen LogP contribution in [0.2, 0.25) is 0 Å². The van der Waals surface area contributed by atoms with Crippen molar-refractivity contribution >= 4 is 11.6 Å². The third-order valence-electron chi connectivity index (χ3n) is 3.60. The van der Waals surface area contributed by atoms with E-state index in [2.05, 4.69) is 4.90 Å². The topological polar surface area (TPSA) is 3.24 Å². The van der Waals surface area contributed by atoms with Crippen LogP contribution in [0.5, 0.6) is 0 Å². The number of unbranched alkanes of at least 4 members (excludes halogenated alkanes) is 2. The van der Waals surface area contributed by atoms with Crippen molar-refractivity contribution < 1.29 is 0 Å². The van der Waals surface area contributed by atoms with Crippen molar-refractivity contribution in [2.75, 3.05) is 19.0 Å². The highest BCUT2D eigenvalue weighted by Crippen LogP contribution is 2.37. The smallest absolute Gasteiger partial charge is 0.0223 e. The van der Waals surface area contributed by atoms with Crippen LogP contribution in [-0.2, 0) is 0 Å². The van der Waals surface area contributed by atoms with Crippen molar-refractivity contribution in [2.24, 2.45) is 5.92 Å². The Morgan fingerprint density at radius 2 is 2.08 bits per heavy atom. The first-order valence-corrected chi connectivity index (χ1v) is 6.23. The van der Waals surface area contributed by atoms with E-state index in [-0.39, 0.29) is 0 Å². The van der Waals surface area contributed by atoms with Gasteiger partial charge in [0.2, 0.25) is 0 Å². The van der Waals surface area contributed by atoms with Crippen molar-refractivity contribution in [2.45, 2.75) is 44.6 Å². The quantitative estimate of drug-likeness (QED) is 0.489. The Bertz CT molecular complexity index is 160. The molecule has 0 radical (unpaired) electrons. The summed E-state index contributed by atoms with van der Waals surface area (Å²) in [6.07, 6.45) is 8.34. The Labute approximate surface area is 86.4 Å². The van der Waals surface area contributed by atoms with Gasteiger partial charge in [0.15, 0.2) is 0 Å². The first-order chi connectivity index (χ1) is 6.40. The largest absolute Gasteiger partial charge is 0.300 e. The third kappa shape index (κ3) is 2.38. The molecule has 2 atom stereocenters. The van der Waals surface area contributed by atoms with E-state index in [1.165, 1.54) is 51.6 Å². The van der Waals surface area contributed by atoms with Gasteiger partial charge >= 0.3 is 0 Å². The Hall–Kier alpha value is 0.250. The standard InChI is InChI=1S/C11H20ClN/c12-6-2-1-3-7-13-9-10-4-5-11(13)8-10/h10-11H,1-9H2. The first kappa shape index (κ1) is 9.79. The molecule has 2 fully saturated rings. The normalized spacial score (nSPS) is 33.0. The van der Waals surface area contributed by atoms with Gasteiger partial charge in [-0.25, -0.2) is 0 Å². The Morgan fingerprint density at radius 3 is 2.69 bits per heavy atom. The van der Waals surface area contributed by atoms with Gasteiger partial charge in [0.1, 0.15) is 0 Å². The second-order valence-electron chi connectivity index (χ2n) is 4.58. The summed E-state index contributed by atoms with van der Waals surface area (Å²) in [5, 5.41) is 0. The summed E-state index contributed by atoms with van der Waals surface area (Å²) in [5.41, 5.74) is 0. The fourth-order valence-electron chi connectivity index (χ4n) is 2.89. The summed E-state index contributed by atoms with van der Waals surface area (Å²) in [6, 6.07) is 0.959. The number of nitrogens with zero attached hydrogens (tertiary/aromatic N) is 1. The molecule has 1 heterocycles. The lowest BCUT2D eigenvalue weighted by Crippen LogP contribution is -2.32. The first-order valence-electron chi connectivity index (χ1n) is 5.70. The number of piperidine rings is 1. The van der Waals surface area contributed by atoms with E-state index in [0.29, 0.717) is 0 Å². The Morgan fingerprint density at radius 1 is 1.15 bits per heavy atom. The van der Waals surface area contributed by atoms with Crippen molar-refractivity contribution in [1.29, 1.82) is 0 Å². The molecule has 0 aromatic heterocycles. The third-order valence-corrected chi connectivity index (χ3v) is 3.87. The lowest BCUT2D eigenvalue weighted by atomic mass is 10.1. The molecule has 1 saturated carbocycles. The zero-order valence-corrected chi connectivity index (χ0v) is 9.10. The Balaban J connectivity index is 1.60. The lowest BCUT2D eigenvalue weighted by molar-refractivity contribution is 0.210. The number of hydrogen-bond acceptors (Lipinski definition) is 1. The van der Waals surface area contributed by atoms with Crippen LogP contribution in [-0.4, -0.2) is 29.9 Å². The molecule has 0 N–H and O–H groups in total. The number of rotatable bonds is 5. The van der Waals surface area contributed by atoms with Crippen LogP contribution in [0, 0.1) is 5.92 Å². The number of hydrogen-bond donors (Lipinski definition) is 0. The molecule has 13 heavy (non-hydrogen) atoms.